The van der Waals surface area contributed by atoms with Crippen molar-refractivity contribution in [3.05, 3.63) is 0 Å². The zero-order valence-electron chi connectivity index (χ0n) is 5.11. The molecule has 0 spiro atoms. The normalized spacial score (nSPS) is 23.6. The summed E-state index contributed by atoms with van der Waals surface area (Å²) in [6.07, 6.45) is 6.43. The molecule has 0 amide bonds. The predicted molar refractivity (Wildman–Crippen MR) is 33.1 cm³/mol. The molecule has 1 rings (SSSR count). The molecule has 1 aliphatic rings. The standard InChI is InChI=1S/C6H13N2/c7-8-6-4-2-1-3-5-6/h6-8H,1-5H2. The predicted octanol–water partition coefficient (Wildman–Crippen LogP) is 1.11. The molecule has 2 nitrogen and oxygen atoms in total. The van der Waals surface area contributed by atoms with Gasteiger partial charge in [0.15, 0.2) is 0 Å². The van der Waals surface area contributed by atoms with Crippen LogP contribution in [-0.2, 0) is 0 Å². The van der Waals surface area contributed by atoms with Gasteiger partial charge in [-0.25, -0.2) is 5.43 Å². The molecule has 0 bridgehead atoms. The van der Waals surface area contributed by atoms with Crippen molar-refractivity contribution in [3.63, 3.8) is 0 Å². The minimum Gasteiger partial charge on any atom is -0.240 e. The first-order valence-corrected chi connectivity index (χ1v) is 3.36. The van der Waals surface area contributed by atoms with E-state index in [0.717, 1.165) is 0 Å². The monoisotopic (exact) mass is 113 g/mol. The lowest BCUT2D eigenvalue weighted by molar-refractivity contribution is 0.373. The third-order valence-electron chi connectivity index (χ3n) is 1.81. The summed E-state index contributed by atoms with van der Waals surface area (Å²) in [6, 6.07) is 0.503. The van der Waals surface area contributed by atoms with Crippen molar-refractivity contribution in [2.24, 2.45) is 0 Å². The van der Waals surface area contributed by atoms with E-state index in [-0.39, 0.29) is 0 Å². The molecule has 47 valence electrons. The largest absolute Gasteiger partial charge is 0.240 e. The fourth-order valence-electron chi connectivity index (χ4n) is 1.25. The van der Waals surface area contributed by atoms with Crippen molar-refractivity contribution in [2.45, 2.75) is 38.1 Å². The highest BCUT2D eigenvalue weighted by atomic mass is 15.2. The van der Waals surface area contributed by atoms with E-state index in [4.69, 9.17) is 5.84 Å². The summed E-state index contributed by atoms with van der Waals surface area (Å²) in [5.74, 6) is 6.85. The molecule has 0 aromatic heterocycles. The molecule has 2 N–H and O–H groups in total. The molecule has 0 aromatic rings. The topological polar surface area (TPSA) is 35.8 Å². The molecule has 1 fully saturated rings. The van der Waals surface area contributed by atoms with Crippen LogP contribution in [0.4, 0.5) is 0 Å². The first-order chi connectivity index (χ1) is 3.93. The molecular weight excluding hydrogens is 100 g/mol. The van der Waals surface area contributed by atoms with E-state index in [1.165, 1.54) is 32.1 Å². The Hall–Kier alpha value is -0.0800. The zero-order chi connectivity index (χ0) is 5.82. The van der Waals surface area contributed by atoms with E-state index in [2.05, 4.69) is 5.43 Å². The van der Waals surface area contributed by atoms with Crippen LogP contribution in [0.3, 0.4) is 0 Å². The van der Waals surface area contributed by atoms with Gasteiger partial charge in [0.25, 0.3) is 0 Å². The fourth-order valence-corrected chi connectivity index (χ4v) is 1.25. The maximum atomic E-state index is 6.85. The maximum Gasteiger partial charge on any atom is 0.0226 e. The van der Waals surface area contributed by atoms with Gasteiger partial charge in [-0.15, -0.1) is 0 Å². The second kappa shape index (κ2) is 3.05. The summed E-state index contributed by atoms with van der Waals surface area (Å²) in [6.45, 7) is 0. The fraction of sp³-hybridized carbons (Fsp3) is 1.00. The van der Waals surface area contributed by atoms with Crippen LogP contribution in [0, 0.1) is 0 Å². The highest BCUT2D eigenvalue weighted by Crippen LogP contribution is 2.16. The quantitative estimate of drug-likeness (QED) is 0.508. The van der Waals surface area contributed by atoms with E-state index >= 15 is 0 Å². The van der Waals surface area contributed by atoms with Gasteiger partial charge in [0.2, 0.25) is 0 Å². The molecule has 8 heavy (non-hydrogen) atoms. The molecule has 0 atom stereocenters. The van der Waals surface area contributed by atoms with E-state index in [1.54, 1.807) is 0 Å². The van der Waals surface area contributed by atoms with Gasteiger partial charge in [0.1, 0.15) is 0 Å². The van der Waals surface area contributed by atoms with Crippen molar-refractivity contribution in [3.8, 4) is 0 Å². The Kier molecular flexibility index (Phi) is 2.30. The van der Waals surface area contributed by atoms with Crippen molar-refractivity contribution in [2.75, 3.05) is 0 Å². The van der Waals surface area contributed by atoms with Crippen LogP contribution >= 0.6 is 0 Å². The smallest absolute Gasteiger partial charge is 0.0226 e. The van der Waals surface area contributed by atoms with Gasteiger partial charge in [-0.3, -0.25) is 0 Å². The van der Waals surface area contributed by atoms with Gasteiger partial charge < -0.3 is 0 Å². The van der Waals surface area contributed by atoms with Gasteiger partial charge in [0.05, 0.1) is 0 Å². The lowest BCUT2D eigenvalue weighted by Crippen LogP contribution is -2.29. The molecule has 0 aromatic carbocycles. The van der Waals surface area contributed by atoms with Crippen molar-refractivity contribution in [1.29, 1.82) is 0 Å². The first-order valence-electron chi connectivity index (χ1n) is 3.36. The van der Waals surface area contributed by atoms with Crippen molar-refractivity contribution < 1.29 is 0 Å². The molecular formula is C6H13N2. The molecule has 0 aliphatic heterocycles. The van der Waals surface area contributed by atoms with Gasteiger partial charge in [-0.05, 0) is 12.8 Å². The number of hydrogen-bond acceptors (Lipinski definition) is 1. The summed E-state index contributed by atoms with van der Waals surface area (Å²) < 4.78 is 0. The maximum absolute atomic E-state index is 6.85. The van der Waals surface area contributed by atoms with Crippen molar-refractivity contribution in [1.82, 2.24) is 11.3 Å². The average molecular weight is 113 g/mol. The Labute approximate surface area is 50.4 Å². The first kappa shape index (κ1) is 6.05. The third kappa shape index (κ3) is 1.46. The highest BCUT2D eigenvalue weighted by Gasteiger charge is 2.09. The van der Waals surface area contributed by atoms with Gasteiger partial charge in [0, 0.05) is 6.04 Å². The molecule has 0 saturated heterocycles. The minimum absolute atomic E-state index is 0.503. The lowest BCUT2D eigenvalue weighted by atomic mass is 9.96. The molecule has 1 radical (unpaired) electrons. The van der Waals surface area contributed by atoms with Crippen LogP contribution in [0.2, 0.25) is 0 Å². The number of hydrogen-bond donors (Lipinski definition) is 1. The minimum atomic E-state index is 0.503. The number of rotatable bonds is 1. The summed E-state index contributed by atoms with van der Waals surface area (Å²) in [5, 5.41) is 0. The number of nitrogens with one attached hydrogen (secondary N) is 2. The SMILES string of the molecule is [NH]NC1CCCCC1. The Morgan fingerprint density at radius 3 is 2.12 bits per heavy atom. The summed E-state index contributed by atoms with van der Waals surface area (Å²) in [4.78, 5) is 0. The Morgan fingerprint density at radius 2 is 1.75 bits per heavy atom. The van der Waals surface area contributed by atoms with E-state index < -0.39 is 0 Å². The molecule has 2 heteroatoms. The van der Waals surface area contributed by atoms with E-state index in [0.29, 0.717) is 6.04 Å². The highest BCUT2D eigenvalue weighted by molar-refractivity contribution is 4.68. The zero-order valence-corrected chi connectivity index (χ0v) is 5.11. The summed E-state index contributed by atoms with van der Waals surface area (Å²) in [5.41, 5.74) is 2.55. The average Bonchev–Trinajstić information content (AvgIpc) is 1.90. The Balaban J connectivity index is 2.13. The molecule has 1 aliphatic carbocycles. The Morgan fingerprint density at radius 1 is 1.12 bits per heavy atom. The van der Waals surface area contributed by atoms with Crippen LogP contribution in [0.15, 0.2) is 0 Å². The van der Waals surface area contributed by atoms with Crippen LogP contribution in [0.25, 0.3) is 0 Å². The van der Waals surface area contributed by atoms with Gasteiger partial charge in [-0.2, -0.15) is 5.84 Å². The van der Waals surface area contributed by atoms with Gasteiger partial charge >= 0.3 is 0 Å². The molecule has 0 heterocycles. The summed E-state index contributed by atoms with van der Waals surface area (Å²) in [7, 11) is 0. The molecule has 1 saturated carbocycles. The summed E-state index contributed by atoms with van der Waals surface area (Å²) >= 11 is 0. The third-order valence-corrected chi connectivity index (χ3v) is 1.81. The van der Waals surface area contributed by atoms with Crippen LogP contribution in [0.5, 0.6) is 0 Å². The van der Waals surface area contributed by atoms with Gasteiger partial charge in [-0.1, -0.05) is 19.3 Å². The van der Waals surface area contributed by atoms with E-state index in [9.17, 15) is 0 Å². The van der Waals surface area contributed by atoms with Crippen LogP contribution < -0.4 is 11.3 Å². The van der Waals surface area contributed by atoms with Crippen LogP contribution in [-0.4, -0.2) is 6.04 Å². The Bertz CT molecular complexity index is 57.5. The van der Waals surface area contributed by atoms with E-state index in [1.807, 2.05) is 0 Å². The van der Waals surface area contributed by atoms with Crippen LogP contribution in [0.1, 0.15) is 32.1 Å². The lowest BCUT2D eigenvalue weighted by Gasteiger charge is -2.19. The van der Waals surface area contributed by atoms with Crippen molar-refractivity contribution >= 4 is 0 Å². The molecule has 0 unspecified atom stereocenters. The second-order valence-electron chi connectivity index (χ2n) is 2.48. The second-order valence-corrected chi connectivity index (χ2v) is 2.48.